The number of nitrogens with zero attached hydrogens (tertiary/aromatic N) is 2. The molecule has 6 heteroatoms. The molecule has 0 fully saturated rings. The standard InChI is InChI=1S/C26H35N3O2S/c1-16(2)13-18-14-20-17(15-21(18)31-7)10-11-19-23(25(30)28(6)26(3,4)5)27-24(29(19)20)22-9-8-12-32-22/h8-9,12,14-16,24,27H,10-11,13H2,1-7H3. The highest BCUT2D eigenvalue weighted by Gasteiger charge is 2.41. The van der Waals surface area contributed by atoms with E-state index < -0.39 is 0 Å². The average molecular weight is 454 g/mol. The van der Waals surface area contributed by atoms with Crippen molar-refractivity contribution in [2.45, 2.75) is 65.6 Å². The minimum Gasteiger partial charge on any atom is -0.496 e. The SMILES string of the molecule is COc1cc2c(cc1CC(C)C)N1C(=C(C(=O)N(C)C(C)(C)C)NC1c1cccs1)CC2. The fourth-order valence-corrected chi connectivity index (χ4v) is 5.28. The van der Waals surface area contributed by atoms with E-state index in [2.05, 4.69) is 74.5 Å². The van der Waals surface area contributed by atoms with E-state index in [1.807, 2.05) is 11.9 Å². The van der Waals surface area contributed by atoms with Crippen LogP contribution in [-0.2, 0) is 17.6 Å². The highest BCUT2D eigenvalue weighted by molar-refractivity contribution is 7.10. The number of ether oxygens (including phenoxy) is 1. The number of benzene rings is 1. The predicted octanol–water partition coefficient (Wildman–Crippen LogP) is 5.48. The van der Waals surface area contributed by atoms with Crippen LogP contribution in [-0.4, -0.2) is 30.5 Å². The number of thiophene rings is 1. The second kappa shape index (κ2) is 8.47. The number of fused-ring (bicyclic) bond motifs is 3. The van der Waals surface area contributed by atoms with Gasteiger partial charge in [-0.05, 0) is 80.7 Å². The highest BCUT2D eigenvalue weighted by Crippen LogP contribution is 2.46. The van der Waals surface area contributed by atoms with Crippen LogP contribution in [0.25, 0.3) is 0 Å². The number of rotatable bonds is 5. The molecule has 32 heavy (non-hydrogen) atoms. The molecule has 2 aliphatic rings. The molecule has 0 spiro atoms. The van der Waals surface area contributed by atoms with Crippen molar-refractivity contribution in [1.82, 2.24) is 10.2 Å². The fourth-order valence-electron chi connectivity index (χ4n) is 4.51. The van der Waals surface area contributed by atoms with Crippen LogP contribution in [0.4, 0.5) is 5.69 Å². The Labute approximate surface area is 196 Å². The average Bonchev–Trinajstić information content (AvgIpc) is 3.38. The molecule has 1 aromatic heterocycles. The van der Waals surface area contributed by atoms with Crippen molar-refractivity contribution >= 4 is 22.9 Å². The molecular weight excluding hydrogens is 418 g/mol. The van der Waals surface area contributed by atoms with Gasteiger partial charge in [0, 0.05) is 28.8 Å². The van der Waals surface area contributed by atoms with Crippen LogP contribution in [0.1, 0.15) is 63.2 Å². The van der Waals surface area contributed by atoms with Crippen LogP contribution in [0.5, 0.6) is 5.75 Å². The molecule has 0 radical (unpaired) electrons. The molecule has 0 aliphatic carbocycles. The molecule has 5 nitrogen and oxygen atoms in total. The molecule has 1 amide bonds. The van der Waals surface area contributed by atoms with E-state index >= 15 is 0 Å². The summed E-state index contributed by atoms with van der Waals surface area (Å²) >= 11 is 1.72. The number of carbonyl (C=O) groups is 1. The zero-order valence-corrected chi connectivity index (χ0v) is 21.1. The van der Waals surface area contributed by atoms with Crippen LogP contribution in [0.15, 0.2) is 41.0 Å². The Kier molecular flexibility index (Phi) is 6.01. The maximum Gasteiger partial charge on any atom is 0.271 e. The first-order valence-corrected chi connectivity index (χ1v) is 12.3. The predicted molar refractivity (Wildman–Crippen MR) is 132 cm³/mol. The number of nitrogens with one attached hydrogen (secondary N) is 1. The number of allylic oxidation sites excluding steroid dienone is 1. The molecule has 2 aromatic rings. The number of likely N-dealkylation sites (N-methyl/N-ethyl adjacent to an activating group) is 1. The lowest BCUT2D eigenvalue weighted by Gasteiger charge is -2.35. The number of hydrogen-bond acceptors (Lipinski definition) is 5. The van der Waals surface area contributed by atoms with Crippen molar-refractivity contribution in [2.75, 3.05) is 19.1 Å². The van der Waals surface area contributed by atoms with Gasteiger partial charge in [0.25, 0.3) is 5.91 Å². The topological polar surface area (TPSA) is 44.8 Å². The first-order valence-electron chi connectivity index (χ1n) is 11.4. The summed E-state index contributed by atoms with van der Waals surface area (Å²) in [5.74, 6) is 1.55. The van der Waals surface area contributed by atoms with Crippen LogP contribution < -0.4 is 15.0 Å². The lowest BCUT2D eigenvalue weighted by atomic mass is 9.93. The number of aryl methyl sites for hydroxylation is 1. The van der Waals surface area contributed by atoms with E-state index in [0.717, 1.165) is 36.4 Å². The fraction of sp³-hybridized carbons (Fsp3) is 0.500. The first kappa shape index (κ1) is 22.7. The summed E-state index contributed by atoms with van der Waals surface area (Å²) in [7, 11) is 3.65. The smallest absolute Gasteiger partial charge is 0.271 e. The number of methoxy groups -OCH3 is 1. The molecule has 0 saturated heterocycles. The second-order valence-electron chi connectivity index (χ2n) is 10.2. The zero-order valence-electron chi connectivity index (χ0n) is 20.3. The molecule has 1 aromatic carbocycles. The van der Waals surface area contributed by atoms with Gasteiger partial charge >= 0.3 is 0 Å². The minimum absolute atomic E-state index is 0.0518. The summed E-state index contributed by atoms with van der Waals surface area (Å²) in [5.41, 5.74) is 5.27. The maximum atomic E-state index is 13.5. The van der Waals surface area contributed by atoms with Gasteiger partial charge in [-0.3, -0.25) is 4.79 Å². The number of amides is 1. The normalized spacial score (nSPS) is 17.9. The largest absolute Gasteiger partial charge is 0.496 e. The second-order valence-corrected chi connectivity index (χ2v) is 11.2. The van der Waals surface area contributed by atoms with Crippen LogP contribution in [0.3, 0.4) is 0 Å². The third-order valence-electron chi connectivity index (χ3n) is 6.46. The van der Waals surface area contributed by atoms with Crippen LogP contribution in [0.2, 0.25) is 0 Å². The van der Waals surface area contributed by atoms with Crippen molar-refractivity contribution in [2.24, 2.45) is 5.92 Å². The van der Waals surface area contributed by atoms with Crippen molar-refractivity contribution < 1.29 is 9.53 Å². The summed E-state index contributed by atoms with van der Waals surface area (Å²) in [6.07, 6.45) is 2.61. The summed E-state index contributed by atoms with van der Waals surface area (Å²) in [4.78, 5) is 19.0. The zero-order chi connectivity index (χ0) is 23.2. The number of carbonyl (C=O) groups excluding carboxylic acids is 1. The summed E-state index contributed by atoms with van der Waals surface area (Å²) in [6.45, 7) is 10.7. The third kappa shape index (κ3) is 4.01. The quantitative estimate of drug-likeness (QED) is 0.651. The van der Waals surface area contributed by atoms with Gasteiger partial charge in [-0.1, -0.05) is 19.9 Å². The molecule has 3 heterocycles. The van der Waals surface area contributed by atoms with Crippen molar-refractivity contribution in [3.8, 4) is 5.75 Å². The first-order chi connectivity index (χ1) is 15.1. The molecule has 2 aliphatic heterocycles. The van der Waals surface area contributed by atoms with E-state index in [4.69, 9.17) is 4.74 Å². The Bertz CT molecular complexity index is 1030. The summed E-state index contributed by atoms with van der Waals surface area (Å²) in [6, 6.07) is 8.71. The van der Waals surface area contributed by atoms with Gasteiger partial charge in [-0.25, -0.2) is 0 Å². The minimum atomic E-state index is -0.247. The Morgan fingerprint density at radius 2 is 2.06 bits per heavy atom. The third-order valence-corrected chi connectivity index (χ3v) is 7.38. The van der Waals surface area contributed by atoms with E-state index in [0.29, 0.717) is 5.92 Å². The molecule has 1 unspecified atom stereocenters. The van der Waals surface area contributed by atoms with Crippen molar-refractivity contribution in [3.63, 3.8) is 0 Å². The molecule has 0 bridgehead atoms. The molecule has 1 atom stereocenters. The van der Waals surface area contributed by atoms with E-state index in [-0.39, 0.29) is 17.6 Å². The lowest BCUT2D eigenvalue weighted by molar-refractivity contribution is -0.130. The lowest BCUT2D eigenvalue weighted by Crippen LogP contribution is -2.45. The monoisotopic (exact) mass is 453 g/mol. The highest BCUT2D eigenvalue weighted by atomic mass is 32.1. The van der Waals surface area contributed by atoms with Crippen LogP contribution >= 0.6 is 11.3 Å². The Morgan fingerprint density at radius 1 is 1.31 bits per heavy atom. The maximum absolute atomic E-state index is 13.5. The van der Waals surface area contributed by atoms with Gasteiger partial charge < -0.3 is 19.9 Å². The van der Waals surface area contributed by atoms with Gasteiger partial charge in [-0.2, -0.15) is 0 Å². The van der Waals surface area contributed by atoms with E-state index in [9.17, 15) is 4.79 Å². The van der Waals surface area contributed by atoms with Gasteiger partial charge in [0.15, 0.2) is 0 Å². The number of anilines is 1. The van der Waals surface area contributed by atoms with Gasteiger partial charge in [0.1, 0.15) is 17.6 Å². The van der Waals surface area contributed by atoms with E-state index in [1.165, 1.54) is 21.7 Å². The Balaban J connectivity index is 1.84. The molecule has 1 N–H and O–H groups in total. The van der Waals surface area contributed by atoms with Crippen molar-refractivity contribution in [1.29, 1.82) is 0 Å². The molecule has 172 valence electrons. The van der Waals surface area contributed by atoms with Crippen molar-refractivity contribution in [3.05, 3.63) is 57.0 Å². The summed E-state index contributed by atoms with van der Waals surface area (Å²) in [5, 5.41) is 5.71. The Hall–Kier alpha value is -2.47. The van der Waals surface area contributed by atoms with E-state index in [1.54, 1.807) is 18.4 Å². The Morgan fingerprint density at radius 3 is 2.66 bits per heavy atom. The van der Waals surface area contributed by atoms with Gasteiger partial charge in [0.05, 0.1) is 7.11 Å². The van der Waals surface area contributed by atoms with Crippen LogP contribution in [0, 0.1) is 5.92 Å². The molecule has 0 saturated carbocycles. The summed E-state index contributed by atoms with van der Waals surface area (Å²) < 4.78 is 5.75. The van der Waals surface area contributed by atoms with Gasteiger partial charge in [0.2, 0.25) is 0 Å². The number of hydrogen-bond donors (Lipinski definition) is 1. The molecule has 4 rings (SSSR count). The van der Waals surface area contributed by atoms with Gasteiger partial charge in [-0.15, -0.1) is 11.3 Å². The molecular formula is C26H35N3O2S.